The topological polar surface area (TPSA) is 238 Å². The molecule has 21 heteroatoms. The van der Waals surface area contributed by atoms with Crippen LogP contribution in [0, 0.1) is 52.4 Å². The average Bonchev–Trinajstić information content (AvgIpc) is 1.63. The zero-order valence-corrected chi connectivity index (χ0v) is 64.6. The first kappa shape index (κ1) is 79.6. The Morgan fingerprint density at radius 2 is 1.01 bits per heavy atom. The first-order chi connectivity index (χ1) is 48.6. The minimum atomic E-state index is -0.882. The third-order valence-electron chi connectivity index (χ3n) is 21.3. The molecule has 4 heterocycles. The lowest BCUT2D eigenvalue weighted by Gasteiger charge is -2.37. The van der Waals surface area contributed by atoms with Crippen LogP contribution < -0.4 is 10.6 Å². The minimum absolute atomic E-state index is 0.154. The van der Waals surface area contributed by atoms with Crippen molar-refractivity contribution < 1.29 is 76.6 Å². The van der Waals surface area contributed by atoms with E-state index in [1.54, 1.807) is 39.3 Å². The summed E-state index contributed by atoms with van der Waals surface area (Å²) in [6.45, 7) is 25.2. The number of hydrogen-bond acceptors (Lipinski definition) is 16. The molecule has 4 fully saturated rings. The summed E-state index contributed by atoms with van der Waals surface area (Å²) in [4.78, 5) is 88.8. The van der Waals surface area contributed by atoms with Gasteiger partial charge in [-0.25, -0.2) is 14.4 Å². The van der Waals surface area contributed by atoms with Crippen LogP contribution in [0.4, 0.5) is 4.79 Å². The summed E-state index contributed by atoms with van der Waals surface area (Å²) >= 11 is 18.5. The molecule has 2 amide bonds. The van der Waals surface area contributed by atoms with Crippen molar-refractivity contribution in [3.05, 3.63) is 160 Å². The highest BCUT2D eigenvalue weighted by Crippen LogP contribution is 2.52. The van der Waals surface area contributed by atoms with Crippen molar-refractivity contribution in [2.24, 2.45) is 10.8 Å². The quantitative estimate of drug-likeness (QED) is 0.0833. The molecular formula is C82H101Cl3N2O16. The van der Waals surface area contributed by atoms with Crippen molar-refractivity contribution >= 4 is 98.9 Å². The smallest absolute Gasteiger partial charge is 0.509 e. The Bertz CT molecular complexity index is 4060. The molecule has 0 atom stereocenters. The number of aryl methyl sites for hydroxylation is 6. The average molecular weight is 1480 g/mol. The number of esters is 4. The molecule has 0 unspecified atom stereocenters. The Morgan fingerprint density at radius 1 is 0.534 bits per heavy atom. The molecule has 556 valence electrons. The lowest BCUT2D eigenvalue weighted by atomic mass is 9.79. The predicted molar refractivity (Wildman–Crippen MR) is 397 cm³/mol. The maximum Gasteiger partial charge on any atom is 0.513 e. The fraction of sp³-hybridized carbons (Fsp3) is 0.524. The zero-order valence-electron chi connectivity index (χ0n) is 62.4. The Kier molecular flexibility index (Phi) is 25.1. The monoisotopic (exact) mass is 1470 g/mol. The van der Waals surface area contributed by atoms with Gasteiger partial charge in [-0.2, -0.15) is 0 Å². The van der Waals surface area contributed by atoms with Crippen LogP contribution in [0.3, 0.4) is 0 Å². The summed E-state index contributed by atoms with van der Waals surface area (Å²) in [6, 6.07) is 20.4. The van der Waals surface area contributed by atoms with E-state index in [1.165, 1.54) is 0 Å². The lowest BCUT2D eigenvalue weighted by molar-refractivity contribution is -0.160. The molecule has 0 saturated heterocycles. The highest BCUT2D eigenvalue weighted by Gasteiger charge is 2.56. The number of rotatable bonds is 13. The highest BCUT2D eigenvalue weighted by atomic mass is 35.5. The fourth-order valence-corrected chi connectivity index (χ4v) is 16.0. The molecule has 8 aliphatic rings. The first-order valence-corrected chi connectivity index (χ1v) is 37.2. The normalized spacial score (nSPS) is 22.6. The van der Waals surface area contributed by atoms with Crippen LogP contribution in [0.25, 0.3) is 22.3 Å². The number of benzene rings is 4. The van der Waals surface area contributed by atoms with Crippen molar-refractivity contribution in [3.63, 3.8) is 0 Å². The van der Waals surface area contributed by atoms with Crippen LogP contribution in [0.2, 0.25) is 15.1 Å². The number of aliphatic hydroxyl groups excluding tert-OH is 1. The Balaban J connectivity index is 0.000000160. The molecule has 0 aromatic heterocycles. The molecule has 12 rings (SSSR count). The Morgan fingerprint density at radius 3 is 1.50 bits per heavy atom. The van der Waals surface area contributed by atoms with Gasteiger partial charge in [-0.15, -0.1) is 0 Å². The molecule has 4 saturated carbocycles. The van der Waals surface area contributed by atoms with Gasteiger partial charge >= 0.3 is 30.0 Å². The number of ether oxygens (including phenoxy) is 8. The number of aliphatic hydroxyl groups is 1. The predicted octanol–water partition coefficient (Wildman–Crippen LogP) is 18.1. The largest absolute Gasteiger partial charge is 0.513 e. The molecule has 0 bridgehead atoms. The van der Waals surface area contributed by atoms with Crippen molar-refractivity contribution in [1.29, 1.82) is 0 Å². The van der Waals surface area contributed by atoms with Gasteiger partial charge in [0.25, 0.3) is 11.8 Å². The molecule has 18 nitrogen and oxygen atoms in total. The summed E-state index contributed by atoms with van der Waals surface area (Å²) in [5, 5.41) is 18.4. The Labute approximate surface area is 621 Å². The van der Waals surface area contributed by atoms with E-state index < -0.39 is 45.8 Å². The molecule has 4 spiro atoms. The molecule has 4 aromatic carbocycles. The van der Waals surface area contributed by atoms with Gasteiger partial charge in [0.15, 0.2) is 22.7 Å². The maximum atomic E-state index is 13.0. The highest BCUT2D eigenvalue weighted by molar-refractivity contribution is 6.37. The minimum Gasteiger partial charge on any atom is -0.509 e. The SMILES string of the molecule is CCC(C)(C)C(=O)OC1=C(c2ccc(Cl)cc2Cl)C(=O)OC12CCCCC2.CCOC(=O)OC1=C(c2cc(C)ccc2C)C(=O)NC12CCC(OC)CC2.COC1CCC2(CC1)NC(=O)C(c1cc(C)ccc1C)=C2O.Cc1cc(Cl)cc(C)c1C1=C(OC(=O)CC(C)(C)C)C2(CCCC2)OC1=O. The molecule has 3 N–H and O–H groups in total. The molecule has 4 aliphatic heterocycles. The molecule has 0 radical (unpaired) electrons. The van der Waals surface area contributed by atoms with Crippen LogP contribution in [0.1, 0.15) is 226 Å². The lowest BCUT2D eigenvalue weighted by Crippen LogP contribution is -2.49. The van der Waals surface area contributed by atoms with E-state index >= 15 is 0 Å². The number of hydrogen-bond donors (Lipinski definition) is 3. The van der Waals surface area contributed by atoms with Gasteiger partial charge in [-0.1, -0.05) is 123 Å². The molecule has 4 aromatic rings. The number of methoxy groups -OCH3 is 2. The molecule has 4 aliphatic carbocycles. The summed E-state index contributed by atoms with van der Waals surface area (Å²) in [5.74, 6) is -0.691. The first-order valence-electron chi connectivity index (χ1n) is 36.1. The van der Waals surface area contributed by atoms with E-state index in [1.807, 2.05) is 132 Å². The van der Waals surface area contributed by atoms with Crippen molar-refractivity contribution in [1.82, 2.24) is 10.6 Å². The van der Waals surface area contributed by atoms with Crippen LogP contribution in [-0.2, 0) is 66.7 Å². The van der Waals surface area contributed by atoms with Gasteiger partial charge < -0.3 is 53.6 Å². The summed E-state index contributed by atoms with van der Waals surface area (Å²) < 4.78 is 44.9. The van der Waals surface area contributed by atoms with Crippen molar-refractivity contribution in [2.75, 3.05) is 20.8 Å². The summed E-state index contributed by atoms with van der Waals surface area (Å²) in [5.41, 5.74) is 6.32. The number of nitrogens with one attached hydrogen (secondary N) is 2. The maximum absolute atomic E-state index is 13.0. The summed E-state index contributed by atoms with van der Waals surface area (Å²) in [6.07, 6.45) is 13.9. The van der Waals surface area contributed by atoms with E-state index in [-0.39, 0.29) is 65.7 Å². The second-order valence-electron chi connectivity index (χ2n) is 30.6. The molecule has 103 heavy (non-hydrogen) atoms. The zero-order chi connectivity index (χ0) is 75.3. The third kappa shape index (κ3) is 17.4. The second kappa shape index (κ2) is 32.5. The molecular weight excluding hydrogens is 1380 g/mol. The Hall–Kier alpha value is -7.48. The van der Waals surface area contributed by atoms with Crippen LogP contribution in [-0.4, -0.2) is 102 Å². The second-order valence-corrected chi connectivity index (χ2v) is 31.9. The van der Waals surface area contributed by atoms with Gasteiger partial charge in [-0.3, -0.25) is 19.2 Å². The van der Waals surface area contributed by atoms with E-state index in [0.29, 0.717) is 99.6 Å². The van der Waals surface area contributed by atoms with Gasteiger partial charge in [-0.05, 0) is 240 Å². The van der Waals surface area contributed by atoms with Gasteiger partial charge in [0, 0.05) is 29.8 Å². The standard InChI is InChI=1S/C22H27ClO4.C21H24Cl2O4.C21H27NO5.C18H23NO3/c1-13-10-15(23)11-14(2)17(13)18-19(26-16(24)12-21(3,4)5)22(27-20(18)25)8-6-7-9-22;1-4-20(2,3)19(25)26-17-16(14-9-8-13(22)12-15(14)23)18(24)27-21(17)10-6-5-7-11-21;1-5-26-20(24)27-18-17(16-12-13(2)6-7-14(16)3)19(23)22-21(18)10-8-15(25-4)9-11-21;1-11-4-5-12(2)14(10-11)15-16(20)18(19-17(15)21)8-6-13(22-3)7-9-18/h10-11H,6-9,12H2,1-5H3;8-9,12H,4-7,10-11H2,1-3H3;6-7,12,15H,5,8-11H2,1-4H3,(H,22,23);4-5,10,13,20H,6-9H2,1-3H3,(H,19,21). The van der Waals surface area contributed by atoms with E-state index in [9.17, 15) is 38.7 Å². The van der Waals surface area contributed by atoms with Crippen LogP contribution in [0.5, 0.6) is 0 Å². The van der Waals surface area contributed by atoms with Gasteiger partial charge in [0.05, 0.1) is 57.9 Å². The number of carbonyl (C=O) groups excluding carboxylic acids is 7. The number of carbonyl (C=O) groups is 7. The third-order valence-corrected chi connectivity index (χ3v) is 22.1. The van der Waals surface area contributed by atoms with Gasteiger partial charge in [0.2, 0.25) is 0 Å². The van der Waals surface area contributed by atoms with E-state index in [2.05, 4.69) is 10.6 Å². The van der Waals surface area contributed by atoms with E-state index in [4.69, 9.17) is 72.7 Å². The van der Waals surface area contributed by atoms with Crippen LogP contribution >= 0.6 is 34.8 Å². The number of halogens is 3. The fourth-order valence-electron chi connectivity index (χ4n) is 15.2. The number of amides is 2. The van der Waals surface area contributed by atoms with Crippen LogP contribution in [0.15, 0.2) is 89.8 Å². The van der Waals surface area contributed by atoms with Gasteiger partial charge in [0.1, 0.15) is 22.7 Å². The van der Waals surface area contributed by atoms with E-state index in [0.717, 1.165) is 121 Å². The van der Waals surface area contributed by atoms with Crippen molar-refractivity contribution in [3.8, 4) is 0 Å². The summed E-state index contributed by atoms with van der Waals surface area (Å²) in [7, 11) is 3.41. The van der Waals surface area contributed by atoms with Crippen molar-refractivity contribution in [2.45, 2.75) is 246 Å².